The van der Waals surface area contributed by atoms with Gasteiger partial charge in [-0.3, -0.25) is 0 Å². The van der Waals surface area contributed by atoms with Crippen molar-refractivity contribution < 1.29 is 4.74 Å². The maximum absolute atomic E-state index is 5.26. The molecule has 19 heavy (non-hydrogen) atoms. The van der Waals surface area contributed by atoms with E-state index in [1.165, 1.54) is 38.0 Å². The molecule has 1 saturated heterocycles. The maximum atomic E-state index is 5.26. The fourth-order valence-corrected chi connectivity index (χ4v) is 2.76. The first-order valence-corrected chi connectivity index (χ1v) is 7.30. The number of methoxy groups -OCH3 is 1. The highest BCUT2D eigenvalue weighted by Crippen LogP contribution is 2.14. The number of hydrogen-bond acceptors (Lipinski definition) is 3. The molecule has 0 saturated carbocycles. The lowest BCUT2D eigenvalue weighted by atomic mass is 9.99. The molecule has 1 atom stereocenters. The quantitative estimate of drug-likeness (QED) is 0.850. The van der Waals surface area contributed by atoms with Crippen molar-refractivity contribution in [1.29, 1.82) is 0 Å². The van der Waals surface area contributed by atoms with Crippen molar-refractivity contribution in [2.24, 2.45) is 5.92 Å². The number of likely N-dealkylation sites (N-methyl/N-ethyl adjacent to an activating group) is 1. The van der Waals surface area contributed by atoms with Crippen molar-refractivity contribution in [3.05, 3.63) is 29.8 Å². The van der Waals surface area contributed by atoms with E-state index in [1.807, 2.05) is 6.07 Å². The van der Waals surface area contributed by atoms with E-state index in [9.17, 15) is 0 Å². The van der Waals surface area contributed by atoms with Crippen LogP contribution >= 0.6 is 0 Å². The standard InChI is InChI=1S/C16H26N2O/c1-18(13-15-6-4-9-17-12-15)10-8-14-5-3-7-16(11-14)19-2/h3,5,7,11,15,17H,4,6,8-10,12-13H2,1-2H3. The third-order valence-electron chi connectivity index (χ3n) is 3.89. The molecule has 3 heteroatoms. The number of benzene rings is 1. The number of piperidine rings is 1. The zero-order valence-electron chi connectivity index (χ0n) is 12.2. The van der Waals surface area contributed by atoms with Crippen LogP contribution in [0.25, 0.3) is 0 Å². The molecule has 106 valence electrons. The SMILES string of the molecule is COc1cccc(CCN(C)CC2CCCNC2)c1. The summed E-state index contributed by atoms with van der Waals surface area (Å²) in [4.78, 5) is 2.46. The fraction of sp³-hybridized carbons (Fsp3) is 0.625. The summed E-state index contributed by atoms with van der Waals surface area (Å²) in [7, 11) is 3.95. The highest BCUT2D eigenvalue weighted by atomic mass is 16.5. The van der Waals surface area contributed by atoms with Gasteiger partial charge in [-0.25, -0.2) is 0 Å². The highest BCUT2D eigenvalue weighted by molar-refractivity contribution is 5.28. The summed E-state index contributed by atoms with van der Waals surface area (Å²) in [5, 5.41) is 3.49. The summed E-state index contributed by atoms with van der Waals surface area (Å²) < 4.78 is 5.26. The summed E-state index contributed by atoms with van der Waals surface area (Å²) in [5.41, 5.74) is 1.35. The fourth-order valence-electron chi connectivity index (χ4n) is 2.76. The average Bonchev–Trinajstić information content (AvgIpc) is 2.46. The van der Waals surface area contributed by atoms with E-state index in [2.05, 4.69) is 35.5 Å². The minimum absolute atomic E-state index is 0.823. The Morgan fingerprint density at radius 3 is 3.05 bits per heavy atom. The first kappa shape index (κ1) is 14.4. The van der Waals surface area contributed by atoms with Crippen LogP contribution in [0.4, 0.5) is 0 Å². The first-order valence-electron chi connectivity index (χ1n) is 7.30. The number of nitrogens with one attached hydrogen (secondary N) is 1. The van der Waals surface area contributed by atoms with Gasteiger partial charge in [0.25, 0.3) is 0 Å². The van der Waals surface area contributed by atoms with Crippen LogP contribution < -0.4 is 10.1 Å². The van der Waals surface area contributed by atoms with Gasteiger partial charge in [0.2, 0.25) is 0 Å². The van der Waals surface area contributed by atoms with Crippen molar-refractivity contribution in [3.63, 3.8) is 0 Å². The molecular formula is C16H26N2O. The van der Waals surface area contributed by atoms with Gasteiger partial charge in [0.05, 0.1) is 7.11 Å². The Balaban J connectivity index is 1.74. The number of nitrogens with zero attached hydrogens (tertiary/aromatic N) is 1. The van der Waals surface area contributed by atoms with Crippen LogP contribution in [0.2, 0.25) is 0 Å². The molecule has 1 unspecified atom stereocenters. The molecule has 1 aliphatic rings. The predicted molar refractivity (Wildman–Crippen MR) is 79.8 cm³/mol. The molecular weight excluding hydrogens is 236 g/mol. The van der Waals surface area contributed by atoms with E-state index in [1.54, 1.807) is 7.11 Å². The molecule has 3 nitrogen and oxygen atoms in total. The van der Waals surface area contributed by atoms with Gasteiger partial charge in [0, 0.05) is 13.1 Å². The van der Waals surface area contributed by atoms with Crippen LogP contribution in [-0.4, -0.2) is 45.2 Å². The van der Waals surface area contributed by atoms with E-state index in [-0.39, 0.29) is 0 Å². The second-order valence-corrected chi connectivity index (χ2v) is 5.58. The second kappa shape index (κ2) is 7.51. The molecule has 0 aliphatic carbocycles. The number of rotatable bonds is 6. The van der Waals surface area contributed by atoms with Crippen LogP contribution in [0.5, 0.6) is 5.75 Å². The largest absolute Gasteiger partial charge is 0.497 e. The highest BCUT2D eigenvalue weighted by Gasteiger charge is 2.14. The van der Waals surface area contributed by atoms with Gasteiger partial charge in [-0.1, -0.05) is 12.1 Å². The van der Waals surface area contributed by atoms with Crippen LogP contribution in [-0.2, 0) is 6.42 Å². The summed E-state index contributed by atoms with van der Waals surface area (Å²) in [6.07, 6.45) is 3.79. The van der Waals surface area contributed by atoms with Crippen molar-refractivity contribution in [1.82, 2.24) is 10.2 Å². The molecule has 1 aliphatic heterocycles. The Labute approximate surface area is 116 Å². The normalized spacial score (nSPS) is 19.6. The Bertz CT molecular complexity index is 375. The molecule has 1 fully saturated rings. The van der Waals surface area contributed by atoms with E-state index in [0.29, 0.717) is 0 Å². The van der Waals surface area contributed by atoms with Crippen LogP contribution in [0.1, 0.15) is 18.4 Å². The molecule has 0 aromatic heterocycles. The zero-order chi connectivity index (χ0) is 13.5. The van der Waals surface area contributed by atoms with Gasteiger partial charge in [-0.05, 0) is 63.0 Å². The molecule has 0 radical (unpaired) electrons. The molecule has 1 aromatic carbocycles. The molecule has 2 rings (SSSR count). The van der Waals surface area contributed by atoms with Gasteiger partial charge in [-0.15, -0.1) is 0 Å². The van der Waals surface area contributed by atoms with E-state index in [4.69, 9.17) is 4.74 Å². The second-order valence-electron chi connectivity index (χ2n) is 5.58. The lowest BCUT2D eigenvalue weighted by molar-refractivity contribution is 0.245. The Kier molecular flexibility index (Phi) is 5.67. The van der Waals surface area contributed by atoms with E-state index in [0.717, 1.165) is 24.6 Å². The summed E-state index contributed by atoms with van der Waals surface area (Å²) in [6, 6.07) is 8.38. The Hall–Kier alpha value is -1.06. The lowest BCUT2D eigenvalue weighted by Crippen LogP contribution is -2.37. The average molecular weight is 262 g/mol. The monoisotopic (exact) mass is 262 g/mol. The van der Waals surface area contributed by atoms with Crippen molar-refractivity contribution in [2.45, 2.75) is 19.3 Å². The van der Waals surface area contributed by atoms with Gasteiger partial charge in [0.15, 0.2) is 0 Å². The molecule has 0 bridgehead atoms. The van der Waals surface area contributed by atoms with Crippen LogP contribution in [0.3, 0.4) is 0 Å². The van der Waals surface area contributed by atoms with E-state index >= 15 is 0 Å². The molecule has 1 aromatic rings. The van der Waals surface area contributed by atoms with Crippen molar-refractivity contribution in [3.8, 4) is 5.75 Å². The summed E-state index contributed by atoms with van der Waals surface area (Å²) in [5.74, 6) is 1.78. The molecule has 1 N–H and O–H groups in total. The first-order chi connectivity index (χ1) is 9.28. The van der Waals surface area contributed by atoms with Crippen LogP contribution in [0.15, 0.2) is 24.3 Å². The summed E-state index contributed by atoms with van der Waals surface area (Å²) >= 11 is 0. The van der Waals surface area contributed by atoms with Crippen molar-refractivity contribution >= 4 is 0 Å². The van der Waals surface area contributed by atoms with Gasteiger partial charge in [-0.2, -0.15) is 0 Å². The van der Waals surface area contributed by atoms with Gasteiger partial charge in [0.1, 0.15) is 5.75 Å². The number of hydrogen-bond donors (Lipinski definition) is 1. The van der Waals surface area contributed by atoms with Gasteiger partial charge >= 0.3 is 0 Å². The molecule has 0 spiro atoms. The lowest BCUT2D eigenvalue weighted by Gasteiger charge is -2.27. The molecule has 0 amide bonds. The minimum atomic E-state index is 0.823. The zero-order valence-corrected chi connectivity index (χ0v) is 12.2. The maximum Gasteiger partial charge on any atom is 0.119 e. The Morgan fingerprint density at radius 2 is 2.32 bits per heavy atom. The predicted octanol–water partition coefficient (Wildman–Crippen LogP) is 2.17. The van der Waals surface area contributed by atoms with Crippen molar-refractivity contribution in [2.75, 3.05) is 40.3 Å². The third kappa shape index (κ3) is 4.84. The van der Waals surface area contributed by atoms with Gasteiger partial charge < -0.3 is 15.0 Å². The van der Waals surface area contributed by atoms with E-state index < -0.39 is 0 Å². The molecule has 1 heterocycles. The Morgan fingerprint density at radius 1 is 1.42 bits per heavy atom. The number of ether oxygens (including phenoxy) is 1. The smallest absolute Gasteiger partial charge is 0.119 e. The summed E-state index contributed by atoms with van der Waals surface area (Å²) in [6.45, 7) is 4.70. The third-order valence-corrected chi connectivity index (χ3v) is 3.89. The topological polar surface area (TPSA) is 24.5 Å². The van der Waals surface area contributed by atoms with Crippen LogP contribution in [0, 0.1) is 5.92 Å². The minimum Gasteiger partial charge on any atom is -0.497 e.